The average molecular weight is 257 g/mol. The van der Waals surface area contributed by atoms with Crippen LogP contribution in [0.25, 0.3) is 0 Å². The number of nitrogens with one attached hydrogen (secondary N) is 1. The fraction of sp³-hybridized carbons (Fsp3) is 0.462. The zero-order valence-corrected chi connectivity index (χ0v) is 9.92. The summed E-state index contributed by atoms with van der Waals surface area (Å²) in [7, 11) is 0. The predicted octanol–water partition coefficient (Wildman–Crippen LogP) is 3.69. The number of benzene rings is 1. The second-order valence-corrected chi connectivity index (χ2v) is 4.66. The topological polar surface area (TPSA) is 29.1 Å². The van der Waals surface area contributed by atoms with Gasteiger partial charge in [-0.25, -0.2) is 0 Å². The van der Waals surface area contributed by atoms with Gasteiger partial charge in [-0.15, -0.1) is 0 Å². The number of anilines is 1. The summed E-state index contributed by atoms with van der Waals surface area (Å²) in [6.07, 6.45) is -2.49. The van der Waals surface area contributed by atoms with E-state index in [-0.39, 0.29) is 17.5 Å². The van der Waals surface area contributed by atoms with Crippen molar-refractivity contribution in [1.82, 2.24) is 0 Å². The van der Waals surface area contributed by atoms with Gasteiger partial charge in [0.15, 0.2) is 0 Å². The molecule has 0 heterocycles. The predicted molar refractivity (Wildman–Crippen MR) is 62.0 cm³/mol. The summed E-state index contributed by atoms with van der Waals surface area (Å²) in [5, 5.41) is 2.38. The van der Waals surface area contributed by atoms with E-state index in [4.69, 9.17) is 0 Å². The minimum absolute atomic E-state index is 0.164. The van der Waals surface area contributed by atoms with Gasteiger partial charge in [-0.05, 0) is 30.9 Å². The van der Waals surface area contributed by atoms with Gasteiger partial charge in [-0.3, -0.25) is 4.79 Å². The van der Waals surface area contributed by atoms with E-state index in [1.807, 2.05) is 0 Å². The lowest BCUT2D eigenvalue weighted by molar-refractivity contribution is -0.137. The van der Waals surface area contributed by atoms with Crippen molar-refractivity contribution in [2.45, 2.75) is 25.9 Å². The lowest BCUT2D eigenvalue weighted by Gasteiger charge is -2.15. The van der Waals surface area contributed by atoms with Crippen LogP contribution in [0.3, 0.4) is 0 Å². The maximum absolute atomic E-state index is 12.7. The summed E-state index contributed by atoms with van der Waals surface area (Å²) in [6, 6.07) is 5.03. The van der Waals surface area contributed by atoms with Crippen LogP contribution in [0.5, 0.6) is 0 Å². The van der Waals surface area contributed by atoms with Crippen molar-refractivity contribution in [3.63, 3.8) is 0 Å². The summed E-state index contributed by atoms with van der Waals surface area (Å²) >= 11 is 0. The van der Waals surface area contributed by atoms with Crippen LogP contribution in [-0.2, 0) is 11.0 Å². The van der Waals surface area contributed by atoms with Crippen molar-refractivity contribution in [2.75, 3.05) is 5.32 Å². The van der Waals surface area contributed by atoms with Crippen LogP contribution in [0, 0.1) is 11.8 Å². The van der Waals surface area contributed by atoms with E-state index >= 15 is 0 Å². The van der Waals surface area contributed by atoms with Crippen molar-refractivity contribution in [2.24, 2.45) is 11.8 Å². The number of halogens is 3. The fourth-order valence-corrected chi connectivity index (χ4v) is 1.90. The molecule has 1 aromatic carbocycles. The van der Waals surface area contributed by atoms with E-state index in [9.17, 15) is 18.0 Å². The normalized spacial score (nSPS) is 17.3. The summed E-state index contributed by atoms with van der Waals surface area (Å²) in [5.41, 5.74) is -0.969. The van der Waals surface area contributed by atoms with Crippen LogP contribution in [0.4, 0.5) is 18.9 Å². The van der Waals surface area contributed by atoms with Crippen molar-refractivity contribution < 1.29 is 18.0 Å². The minimum atomic E-state index is -4.45. The van der Waals surface area contributed by atoms with Crippen molar-refractivity contribution in [3.8, 4) is 0 Å². The van der Waals surface area contributed by atoms with E-state index in [0.717, 1.165) is 18.9 Å². The van der Waals surface area contributed by atoms with Gasteiger partial charge in [0, 0.05) is 5.92 Å². The molecule has 0 saturated heterocycles. The van der Waals surface area contributed by atoms with Gasteiger partial charge in [-0.2, -0.15) is 13.2 Å². The maximum atomic E-state index is 12.7. The molecule has 0 bridgehead atoms. The first-order chi connectivity index (χ1) is 8.39. The van der Waals surface area contributed by atoms with Crippen LogP contribution >= 0.6 is 0 Å². The second kappa shape index (κ2) is 4.63. The van der Waals surface area contributed by atoms with Crippen LogP contribution in [0.15, 0.2) is 24.3 Å². The lowest BCUT2D eigenvalue weighted by atomic mass is 10.1. The lowest BCUT2D eigenvalue weighted by Crippen LogP contribution is -2.23. The molecule has 18 heavy (non-hydrogen) atoms. The summed E-state index contributed by atoms with van der Waals surface area (Å²) in [5.74, 6) is -0.247. The van der Waals surface area contributed by atoms with Gasteiger partial charge in [0.05, 0.1) is 11.3 Å². The minimum Gasteiger partial charge on any atom is -0.325 e. The molecule has 2 nitrogen and oxygen atoms in total. The number of hydrogen-bond acceptors (Lipinski definition) is 1. The van der Waals surface area contributed by atoms with Gasteiger partial charge in [0.2, 0.25) is 5.91 Å². The highest BCUT2D eigenvalue weighted by Crippen LogP contribution is 2.38. The molecule has 2 rings (SSSR count). The maximum Gasteiger partial charge on any atom is 0.418 e. The van der Waals surface area contributed by atoms with Crippen molar-refractivity contribution >= 4 is 11.6 Å². The standard InChI is InChI=1S/C13H14F3NO/c1-8(9-6-7-9)12(18)17-11-5-3-2-4-10(11)13(14,15)16/h2-5,8-9H,6-7H2,1H3,(H,17,18). The Morgan fingerprint density at radius 3 is 2.50 bits per heavy atom. The van der Waals surface area contributed by atoms with Crippen LogP contribution < -0.4 is 5.32 Å². The molecule has 5 heteroatoms. The molecule has 1 atom stereocenters. The Bertz CT molecular complexity index is 452. The third-order valence-electron chi connectivity index (χ3n) is 3.23. The van der Waals surface area contributed by atoms with E-state index in [1.165, 1.54) is 18.2 Å². The number of amides is 1. The summed E-state index contributed by atoms with van der Waals surface area (Å²) in [6.45, 7) is 1.75. The Morgan fingerprint density at radius 1 is 1.33 bits per heavy atom. The molecule has 1 fully saturated rings. The summed E-state index contributed by atoms with van der Waals surface area (Å²) < 4.78 is 38.2. The quantitative estimate of drug-likeness (QED) is 0.879. The molecule has 1 aromatic rings. The molecule has 1 aliphatic rings. The molecule has 0 radical (unpaired) electrons. The van der Waals surface area contributed by atoms with Crippen molar-refractivity contribution in [3.05, 3.63) is 29.8 Å². The Morgan fingerprint density at radius 2 is 1.94 bits per heavy atom. The average Bonchev–Trinajstić information content (AvgIpc) is 3.11. The van der Waals surface area contributed by atoms with Crippen LogP contribution in [0.2, 0.25) is 0 Å². The van der Waals surface area contributed by atoms with E-state index in [0.29, 0.717) is 5.92 Å². The van der Waals surface area contributed by atoms with Gasteiger partial charge in [0.1, 0.15) is 0 Å². The van der Waals surface area contributed by atoms with Gasteiger partial charge >= 0.3 is 6.18 Å². The molecule has 1 unspecified atom stereocenters. The first kappa shape index (κ1) is 12.9. The smallest absolute Gasteiger partial charge is 0.325 e. The Balaban J connectivity index is 2.16. The summed E-state index contributed by atoms with van der Waals surface area (Å²) in [4.78, 5) is 11.8. The highest BCUT2D eigenvalue weighted by Gasteiger charge is 2.36. The third-order valence-corrected chi connectivity index (χ3v) is 3.23. The van der Waals surface area contributed by atoms with Crippen molar-refractivity contribution in [1.29, 1.82) is 0 Å². The zero-order chi connectivity index (χ0) is 13.3. The zero-order valence-electron chi connectivity index (χ0n) is 9.92. The monoisotopic (exact) mass is 257 g/mol. The molecular weight excluding hydrogens is 243 g/mol. The molecule has 1 aliphatic carbocycles. The largest absolute Gasteiger partial charge is 0.418 e. The van der Waals surface area contributed by atoms with Gasteiger partial charge < -0.3 is 5.32 Å². The SMILES string of the molecule is CC(C(=O)Nc1ccccc1C(F)(F)F)C1CC1. The number of carbonyl (C=O) groups excluding carboxylic acids is 1. The highest BCUT2D eigenvalue weighted by molar-refractivity contribution is 5.93. The first-order valence-corrected chi connectivity index (χ1v) is 5.86. The molecule has 0 spiro atoms. The highest BCUT2D eigenvalue weighted by atomic mass is 19.4. The Kier molecular flexibility index (Phi) is 3.32. The molecule has 1 saturated carbocycles. The number of carbonyl (C=O) groups is 1. The molecule has 1 amide bonds. The van der Waals surface area contributed by atoms with Gasteiger partial charge in [-0.1, -0.05) is 19.1 Å². The first-order valence-electron chi connectivity index (χ1n) is 5.86. The van der Waals surface area contributed by atoms with E-state index in [2.05, 4.69) is 5.32 Å². The number of alkyl halides is 3. The number of rotatable bonds is 3. The molecule has 0 aliphatic heterocycles. The van der Waals surface area contributed by atoms with E-state index < -0.39 is 11.7 Å². The van der Waals surface area contributed by atoms with Gasteiger partial charge in [0.25, 0.3) is 0 Å². The number of para-hydroxylation sites is 1. The van der Waals surface area contributed by atoms with Crippen LogP contribution in [-0.4, -0.2) is 5.91 Å². The van der Waals surface area contributed by atoms with Crippen LogP contribution in [0.1, 0.15) is 25.3 Å². The fourth-order valence-electron chi connectivity index (χ4n) is 1.90. The second-order valence-electron chi connectivity index (χ2n) is 4.66. The number of hydrogen-bond donors (Lipinski definition) is 1. The molecular formula is C13H14F3NO. The molecule has 98 valence electrons. The Labute approximate surface area is 103 Å². The van der Waals surface area contributed by atoms with E-state index in [1.54, 1.807) is 6.92 Å². The third kappa shape index (κ3) is 2.83. The molecule has 0 aromatic heterocycles. The molecule has 1 N–H and O–H groups in total. The Hall–Kier alpha value is -1.52.